The van der Waals surface area contributed by atoms with Crippen LogP contribution in [0.2, 0.25) is 0 Å². The van der Waals surface area contributed by atoms with Crippen molar-refractivity contribution in [3.63, 3.8) is 0 Å². The predicted molar refractivity (Wildman–Crippen MR) is 73.4 cm³/mol. The monoisotopic (exact) mass is 242 g/mol. The Hall–Kier alpha value is -1.94. The first kappa shape index (κ1) is 12.5. The highest BCUT2D eigenvalue weighted by atomic mass is 15.1. The Morgan fingerprint density at radius 1 is 1.00 bits per heavy atom. The molecule has 0 unspecified atom stereocenters. The van der Waals surface area contributed by atoms with Crippen molar-refractivity contribution >= 4 is 5.95 Å². The summed E-state index contributed by atoms with van der Waals surface area (Å²) >= 11 is 0. The quantitative estimate of drug-likeness (QED) is 0.759. The average molecular weight is 242 g/mol. The van der Waals surface area contributed by atoms with Crippen molar-refractivity contribution in [2.45, 2.75) is 13.0 Å². The Morgan fingerprint density at radius 2 is 1.72 bits per heavy atom. The summed E-state index contributed by atoms with van der Waals surface area (Å²) in [5, 5.41) is 6.29. The Labute approximate surface area is 107 Å². The predicted octanol–water partition coefficient (Wildman–Crippen LogP) is 1.85. The zero-order valence-corrected chi connectivity index (χ0v) is 10.6. The molecule has 0 aliphatic rings. The van der Waals surface area contributed by atoms with Crippen molar-refractivity contribution in [1.29, 1.82) is 0 Å². The van der Waals surface area contributed by atoms with Gasteiger partial charge in [-0.15, -0.1) is 0 Å². The maximum absolute atomic E-state index is 4.17. The van der Waals surface area contributed by atoms with E-state index in [1.807, 2.05) is 25.5 Å². The molecule has 4 heteroatoms. The molecular weight excluding hydrogens is 224 g/mol. The summed E-state index contributed by atoms with van der Waals surface area (Å²) in [6.45, 7) is 1.76. The van der Waals surface area contributed by atoms with Crippen LogP contribution in [0.25, 0.3) is 0 Å². The van der Waals surface area contributed by atoms with Crippen LogP contribution in [-0.2, 0) is 13.0 Å². The minimum Gasteiger partial charge on any atom is -0.357 e. The van der Waals surface area contributed by atoms with Gasteiger partial charge < -0.3 is 10.6 Å². The molecule has 0 amide bonds. The molecule has 94 valence electrons. The van der Waals surface area contributed by atoms with Crippen molar-refractivity contribution in [2.24, 2.45) is 0 Å². The molecule has 1 aromatic heterocycles. The number of anilines is 1. The highest BCUT2D eigenvalue weighted by Gasteiger charge is 1.96. The largest absolute Gasteiger partial charge is 0.357 e. The molecule has 18 heavy (non-hydrogen) atoms. The van der Waals surface area contributed by atoms with E-state index in [0.29, 0.717) is 5.95 Å². The van der Waals surface area contributed by atoms with E-state index in [2.05, 4.69) is 44.9 Å². The van der Waals surface area contributed by atoms with E-state index in [9.17, 15) is 0 Å². The van der Waals surface area contributed by atoms with Gasteiger partial charge in [0.1, 0.15) is 0 Å². The molecule has 0 bridgehead atoms. The van der Waals surface area contributed by atoms with Gasteiger partial charge in [-0.3, -0.25) is 0 Å². The van der Waals surface area contributed by atoms with Gasteiger partial charge in [0.15, 0.2) is 0 Å². The standard InChI is InChI=1S/C14H18N4/c1-15-14-17-10-13(11-18-14)9-16-8-7-12-5-3-2-4-6-12/h2-6,10-11,16H,7-9H2,1H3,(H,15,17,18). The lowest BCUT2D eigenvalue weighted by atomic mass is 10.1. The topological polar surface area (TPSA) is 49.8 Å². The van der Waals surface area contributed by atoms with E-state index in [0.717, 1.165) is 25.1 Å². The third-order valence-electron chi connectivity index (χ3n) is 2.69. The van der Waals surface area contributed by atoms with E-state index < -0.39 is 0 Å². The molecule has 1 aromatic carbocycles. The number of hydrogen-bond donors (Lipinski definition) is 2. The number of rotatable bonds is 6. The molecule has 0 spiro atoms. The summed E-state index contributed by atoms with van der Waals surface area (Å²) in [6.07, 6.45) is 4.72. The minimum atomic E-state index is 0.656. The van der Waals surface area contributed by atoms with Gasteiger partial charge in [0.25, 0.3) is 0 Å². The summed E-state index contributed by atoms with van der Waals surface area (Å²) in [4.78, 5) is 8.34. The van der Waals surface area contributed by atoms with Crippen LogP contribution in [0.1, 0.15) is 11.1 Å². The smallest absolute Gasteiger partial charge is 0.222 e. The molecule has 4 nitrogen and oxygen atoms in total. The summed E-state index contributed by atoms with van der Waals surface area (Å²) in [5.74, 6) is 0.656. The van der Waals surface area contributed by atoms with Crippen molar-refractivity contribution in [3.8, 4) is 0 Å². The molecule has 0 saturated heterocycles. The lowest BCUT2D eigenvalue weighted by molar-refractivity contribution is 0.683. The van der Waals surface area contributed by atoms with Crippen LogP contribution in [0, 0.1) is 0 Å². The van der Waals surface area contributed by atoms with Gasteiger partial charge in [-0.05, 0) is 18.5 Å². The zero-order valence-electron chi connectivity index (χ0n) is 10.6. The molecule has 0 aliphatic carbocycles. The van der Waals surface area contributed by atoms with Crippen molar-refractivity contribution in [2.75, 3.05) is 18.9 Å². The fraction of sp³-hybridized carbons (Fsp3) is 0.286. The van der Waals surface area contributed by atoms with Gasteiger partial charge in [-0.1, -0.05) is 30.3 Å². The number of hydrogen-bond acceptors (Lipinski definition) is 4. The van der Waals surface area contributed by atoms with Gasteiger partial charge in [0.2, 0.25) is 5.95 Å². The molecule has 0 fully saturated rings. The molecule has 2 N–H and O–H groups in total. The second-order valence-corrected chi connectivity index (χ2v) is 4.08. The van der Waals surface area contributed by atoms with Gasteiger partial charge in [-0.2, -0.15) is 0 Å². The average Bonchev–Trinajstić information content (AvgIpc) is 2.45. The Bertz CT molecular complexity index is 453. The highest BCUT2D eigenvalue weighted by molar-refractivity contribution is 5.23. The highest BCUT2D eigenvalue weighted by Crippen LogP contribution is 2.00. The van der Waals surface area contributed by atoms with E-state index in [1.54, 1.807) is 0 Å². The van der Waals surface area contributed by atoms with Crippen LogP contribution in [0.5, 0.6) is 0 Å². The first-order chi connectivity index (χ1) is 8.88. The summed E-state index contributed by atoms with van der Waals surface area (Å²) in [6, 6.07) is 10.5. The maximum atomic E-state index is 4.17. The zero-order chi connectivity index (χ0) is 12.6. The fourth-order valence-electron chi connectivity index (χ4n) is 1.69. The van der Waals surface area contributed by atoms with Crippen LogP contribution in [0.15, 0.2) is 42.7 Å². The van der Waals surface area contributed by atoms with Crippen LogP contribution >= 0.6 is 0 Å². The van der Waals surface area contributed by atoms with E-state index >= 15 is 0 Å². The Morgan fingerprint density at radius 3 is 2.39 bits per heavy atom. The number of aromatic nitrogens is 2. The second-order valence-electron chi connectivity index (χ2n) is 4.08. The van der Waals surface area contributed by atoms with Crippen LogP contribution in [-0.4, -0.2) is 23.6 Å². The molecule has 1 heterocycles. The van der Waals surface area contributed by atoms with E-state index in [-0.39, 0.29) is 0 Å². The summed E-state index contributed by atoms with van der Waals surface area (Å²) < 4.78 is 0. The van der Waals surface area contributed by atoms with E-state index in [1.165, 1.54) is 5.56 Å². The summed E-state index contributed by atoms with van der Waals surface area (Å²) in [7, 11) is 1.81. The maximum Gasteiger partial charge on any atom is 0.222 e. The molecule has 2 rings (SSSR count). The molecule has 0 atom stereocenters. The summed E-state index contributed by atoms with van der Waals surface area (Å²) in [5.41, 5.74) is 2.45. The van der Waals surface area contributed by atoms with Crippen LogP contribution in [0.4, 0.5) is 5.95 Å². The SMILES string of the molecule is CNc1ncc(CNCCc2ccccc2)cn1. The lowest BCUT2D eigenvalue weighted by Crippen LogP contribution is -2.17. The number of nitrogens with zero attached hydrogens (tertiary/aromatic N) is 2. The van der Waals surface area contributed by atoms with Gasteiger partial charge in [0, 0.05) is 31.5 Å². The molecular formula is C14H18N4. The van der Waals surface area contributed by atoms with Gasteiger partial charge in [0.05, 0.1) is 0 Å². The van der Waals surface area contributed by atoms with E-state index in [4.69, 9.17) is 0 Å². The Kier molecular flexibility index (Phi) is 4.67. The molecule has 0 aliphatic heterocycles. The molecule has 0 saturated carbocycles. The first-order valence-corrected chi connectivity index (χ1v) is 6.12. The Balaban J connectivity index is 1.72. The fourth-order valence-corrected chi connectivity index (χ4v) is 1.69. The minimum absolute atomic E-state index is 0.656. The number of benzene rings is 1. The molecule has 0 radical (unpaired) electrons. The van der Waals surface area contributed by atoms with Crippen molar-refractivity contribution in [1.82, 2.24) is 15.3 Å². The third kappa shape index (κ3) is 3.82. The van der Waals surface area contributed by atoms with Crippen LogP contribution < -0.4 is 10.6 Å². The third-order valence-corrected chi connectivity index (χ3v) is 2.69. The normalized spacial score (nSPS) is 10.3. The van der Waals surface area contributed by atoms with Crippen LogP contribution in [0.3, 0.4) is 0 Å². The second kappa shape index (κ2) is 6.71. The van der Waals surface area contributed by atoms with Gasteiger partial charge in [-0.25, -0.2) is 9.97 Å². The lowest BCUT2D eigenvalue weighted by Gasteiger charge is -2.05. The molecule has 2 aromatic rings. The van der Waals surface area contributed by atoms with Crippen molar-refractivity contribution in [3.05, 3.63) is 53.9 Å². The van der Waals surface area contributed by atoms with Gasteiger partial charge >= 0.3 is 0 Å². The van der Waals surface area contributed by atoms with Crippen molar-refractivity contribution < 1.29 is 0 Å². The first-order valence-electron chi connectivity index (χ1n) is 6.12. The number of nitrogens with one attached hydrogen (secondary N) is 2.